The highest BCUT2D eigenvalue weighted by Gasteiger charge is 2.37. The zero-order valence-corrected chi connectivity index (χ0v) is 14.0. The molecule has 0 spiro atoms. The van der Waals surface area contributed by atoms with E-state index in [0.29, 0.717) is 23.3 Å². The number of ether oxygens (including phenoxy) is 3. The van der Waals surface area contributed by atoms with E-state index in [-0.39, 0.29) is 6.29 Å². The summed E-state index contributed by atoms with van der Waals surface area (Å²) in [7, 11) is 0. The molecule has 4 rings (SSSR count). The van der Waals surface area contributed by atoms with Crippen molar-refractivity contribution in [2.45, 2.75) is 25.6 Å². The van der Waals surface area contributed by atoms with Crippen LogP contribution >= 0.6 is 11.6 Å². The van der Waals surface area contributed by atoms with Crippen LogP contribution in [0.4, 0.5) is 0 Å². The Labute approximate surface area is 146 Å². The Hall–Kier alpha value is -2.13. The third-order valence-electron chi connectivity index (χ3n) is 4.23. The van der Waals surface area contributed by atoms with Crippen molar-refractivity contribution in [1.82, 2.24) is 0 Å². The summed E-state index contributed by atoms with van der Waals surface area (Å²) in [6.45, 7) is 0.334. The van der Waals surface area contributed by atoms with Crippen molar-refractivity contribution in [1.29, 1.82) is 0 Å². The molecule has 2 aromatic carbocycles. The molecule has 1 unspecified atom stereocenters. The Bertz CT molecular complexity index is 738. The summed E-state index contributed by atoms with van der Waals surface area (Å²) < 4.78 is 17.0. The van der Waals surface area contributed by atoms with Crippen molar-refractivity contribution in [3.8, 4) is 5.75 Å². The van der Waals surface area contributed by atoms with E-state index < -0.39 is 0 Å². The number of halogens is 1. The quantitative estimate of drug-likeness (QED) is 0.744. The first-order valence-electron chi connectivity index (χ1n) is 8.24. The van der Waals surface area contributed by atoms with Crippen LogP contribution in [0.3, 0.4) is 0 Å². The minimum Gasteiger partial charge on any atom is -0.484 e. The lowest BCUT2D eigenvalue weighted by Crippen LogP contribution is -2.12. The second-order valence-corrected chi connectivity index (χ2v) is 6.67. The second kappa shape index (κ2) is 6.78. The van der Waals surface area contributed by atoms with Crippen LogP contribution in [0.1, 0.15) is 24.0 Å². The molecule has 3 nitrogen and oxygen atoms in total. The standard InChI is InChI=1S/C20H19ClO3/c21-18-11-15(10-14-4-2-1-3-5-14)6-9-19(18)22-12-17-13-23-20(24-17)16-7-8-16/h1-6,9,11,13,16,20H,7-8,10,12H2. The fraction of sp³-hybridized carbons (Fsp3) is 0.300. The van der Waals surface area contributed by atoms with Gasteiger partial charge >= 0.3 is 0 Å². The van der Waals surface area contributed by atoms with Crippen molar-refractivity contribution >= 4 is 11.6 Å². The highest BCUT2D eigenvalue weighted by Crippen LogP contribution is 2.38. The smallest absolute Gasteiger partial charge is 0.243 e. The van der Waals surface area contributed by atoms with Crippen molar-refractivity contribution in [2.75, 3.05) is 6.61 Å². The summed E-state index contributed by atoms with van der Waals surface area (Å²) in [5.41, 5.74) is 2.42. The van der Waals surface area contributed by atoms with Crippen LogP contribution in [0.15, 0.2) is 60.6 Å². The van der Waals surface area contributed by atoms with E-state index in [9.17, 15) is 0 Å². The van der Waals surface area contributed by atoms with Gasteiger partial charge < -0.3 is 14.2 Å². The molecule has 0 amide bonds. The minimum absolute atomic E-state index is 0.118. The Balaban J connectivity index is 1.34. The van der Waals surface area contributed by atoms with Crippen LogP contribution in [-0.2, 0) is 15.9 Å². The van der Waals surface area contributed by atoms with E-state index >= 15 is 0 Å². The van der Waals surface area contributed by atoms with Gasteiger partial charge in [0.1, 0.15) is 18.6 Å². The lowest BCUT2D eigenvalue weighted by atomic mass is 10.1. The van der Waals surface area contributed by atoms with E-state index in [1.807, 2.05) is 36.4 Å². The topological polar surface area (TPSA) is 27.7 Å². The van der Waals surface area contributed by atoms with E-state index in [2.05, 4.69) is 12.1 Å². The van der Waals surface area contributed by atoms with Gasteiger partial charge in [-0.15, -0.1) is 0 Å². The maximum absolute atomic E-state index is 6.35. The van der Waals surface area contributed by atoms with Crippen LogP contribution in [0.25, 0.3) is 0 Å². The largest absolute Gasteiger partial charge is 0.484 e. The van der Waals surface area contributed by atoms with Gasteiger partial charge in [0.15, 0.2) is 5.76 Å². The summed E-state index contributed by atoms with van der Waals surface area (Å²) in [6, 6.07) is 16.2. The molecule has 1 aliphatic carbocycles. The molecule has 1 heterocycles. The Kier molecular flexibility index (Phi) is 4.35. The lowest BCUT2D eigenvalue weighted by molar-refractivity contribution is -0.0515. The predicted molar refractivity (Wildman–Crippen MR) is 93.0 cm³/mol. The first-order valence-corrected chi connectivity index (χ1v) is 8.62. The maximum Gasteiger partial charge on any atom is 0.243 e. The number of rotatable bonds is 6. The molecule has 2 aromatic rings. The lowest BCUT2D eigenvalue weighted by Gasteiger charge is -2.12. The predicted octanol–water partition coefficient (Wildman–Crippen LogP) is 4.93. The number of hydrogen-bond donors (Lipinski definition) is 0. The number of hydrogen-bond acceptors (Lipinski definition) is 3. The zero-order valence-electron chi connectivity index (χ0n) is 13.3. The van der Waals surface area contributed by atoms with Crippen LogP contribution in [0.5, 0.6) is 5.75 Å². The molecule has 0 N–H and O–H groups in total. The highest BCUT2D eigenvalue weighted by atomic mass is 35.5. The molecule has 1 aliphatic heterocycles. The third kappa shape index (κ3) is 3.68. The molecule has 1 saturated carbocycles. The van der Waals surface area contributed by atoms with Gasteiger partial charge in [0.2, 0.25) is 6.29 Å². The number of benzene rings is 2. The van der Waals surface area contributed by atoms with Gasteiger partial charge in [0.05, 0.1) is 5.02 Å². The first kappa shape index (κ1) is 15.4. The molecule has 124 valence electrons. The Morgan fingerprint density at radius 2 is 1.88 bits per heavy atom. The summed E-state index contributed by atoms with van der Waals surface area (Å²) in [6.07, 6.45) is 4.75. The Morgan fingerprint density at radius 1 is 1.04 bits per heavy atom. The molecule has 1 fully saturated rings. The van der Waals surface area contributed by atoms with Gasteiger partial charge in [-0.05, 0) is 42.5 Å². The third-order valence-corrected chi connectivity index (χ3v) is 4.52. The molecule has 0 radical (unpaired) electrons. The van der Waals surface area contributed by atoms with Gasteiger partial charge in [-0.2, -0.15) is 0 Å². The molecule has 0 saturated heterocycles. The van der Waals surface area contributed by atoms with E-state index in [1.54, 1.807) is 6.26 Å². The van der Waals surface area contributed by atoms with Crippen LogP contribution in [0.2, 0.25) is 5.02 Å². The average molecular weight is 343 g/mol. The van der Waals surface area contributed by atoms with Gasteiger partial charge in [-0.1, -0.05) is 48.0 Å². The fourth-order valence-electron chi connectivity index (χ4n) is 2.74. The summed E-state index contributed by atoms with van der Waals surface area (Å²) in [5.74, 6) is 1.92. The zero-order chi connectivity index (χ0) is 16.4. The summed E-state index contributed by atoms with van der Waals surface area (Å²) >= 11 is 6.35. The first-order chi connectivity index (χ1) is 11.8. The maximum atomic E-state index is 6.35. The average Bonchev–Trinajstić information content (AvgIpc) is 3.34. The molecule has 24 heavy (non-hydrogen) atoms. The van der Waals surface area contributed by atoms with Crippen LogP contribution < -0.4 is 4.74 Å². The molecular formula is C20H19ClO3. The van der Waals surface area contributed by atoms with Gasteiger partial charge in [0.25, 0.3) is 0 Å². The Morgan fingerprint density at radius 3 is 2.62 bits per heavy atom. The van der Waals surface area contributed by atoms with Crippen LogP contribution in [0, 0.1) is 5.92 Å². The molecule has 2 aliphatic rings. The summed E-state index contributed by atoms with van der Waals surface area (Å²) in [5, 5.41) is 0.613. The van der Waals surface area contributed by atoms with Crippen LogP contribution in [-0.4, -0.2) is 12.9 Å². The van der Waals surface area contributed by atoms with Crippen molar-refractivity contribution in [3.05, 3.63) is 76.7 Å². The second-order valence-electron chi connectivity index (χ2n) is 6.26. The highest BCUT2D eigenvalue weighted by molar-refractivity contribution is 6.32. The molecule has 1 atom stereocenters. The van der Waals surface area contributed by atoms with E-state index in [0.717, 1.165) is 17.7 Å². The minimum atomic E-state index is -0.118. The monoisotopic (exact) mass is 342 g/mol. The fourth-order valence-corrected chi connectivity index (χ4v) is 3.00. The van der Waals surface area contributed by atoms with Gasteiger partial charge in [-0.3, -0.25) is 0 Å². The molecular weight excluding hydrogens is 324 g/mol. The van der Waals surface area contributed by atoms with Crippen molar-refractivity contribution < 1.29 is 14.2 Å². The van der Waals surface area contributed by atoms with Crippen molar-refractivity contribution in [2.24, 2.45) is 5.92 Å². The van der Waals surface area contributed by atoms with E-state index in [1.165, 1.54) is 18.4 Å². The van der Waals surface area contributed by atoms with Crippen molar-refractivity contribution in [3.63, 3.8) is 0 Å². The van der Waals surface area contributed by atoms with Gasteiger partial charge in [-0.25, -0.2) is 0 Å². The van der Waals surface area contributed by atoms with E-state index in [4.69, 9.17) is 25.8 Å². The normalized spacial score (nSPS) is 19.4. The molecule has 4 heteroatoms. The summed E-state index contributed by atoms with van der Waals surface area (Å²) in [4.78, 5) is 0. The molecule has 0 aromatic heterocycles. The SMILES string of the molecule is Clc1cc(Cc2ccccc2)ccc1OCC1=COC(C2CC2)O1. The molecule has 0 bridgehead atoms. The van der Waals surface area contributed by atoms with Gasteiger partial charge in [0, 0.05) is 5.92 Å².